The molecule has 6 rings (SSSR count). The molecule has 6 aromatic rings. The summed E-state index contributed by atoms with van der Waals surface area (Å²) in [6.45, 7) is 4.01. The molecule has 2 heterocycles. The van der Waals surface area contributed by atoms with E-state index in [0.29, 0.717) is 11.3 Å². The van der Waals surface area contributed by atoms with Crippen molar-refractivity contribution in [2.24, 2.45) is 5.92 Å². The van der Waals surface area contributed by atoms with Crippen LogP contribution in [0.3, 0.4) is 0 Å². The first-order valence-corrected chi connectivity index (χ1v) is 15.1. The van der Waals surface area contributed by atoms with Crippen molar-refractivity contribution < 1.29 is 9.90 Å². The second kappa shape index (κ2) is 12.3. The van der Waals surface area contributed by atoms with E-state index in [1.165, 1.54) is 0 Å². The Morgan fingerprint density at radius 3 is 1.76 bits per heavy atom. The van der Waals surface area contributed by atoms with E-state index in [2.05, 4.69) is 87.7 Å². The third kappa shape index (κ3) is 5.23. The highest BCUT2D eigenvalue weighted by Crippen LogP contribution is 2.43. The van der Waals surface area contributed by atoms with Gasteiger partial charge >= 0.3 is 0 Å². The lowest BCUT2D eigenvalue weighted by molar-refractivity contribution is 0.0278. The molecule has 4 aromatic carbocycles. The maximum absolute atomic E-state index is 12.5. The van der Waals surface area contributed by atoms with Gasteiger partial charge in [0.2, 0.25) is 0 Å². The Hall–Kier alpha value is -5.33. The summed E-state index contributed by atoms with van der Waals surface area (Å²) < 4.78 is 2.12. The van der Waals surface area contributed by atoms with Crippen LogP contribution in [0, 0.1) is 5.92 Å². The monoisotopic (exact) mass is 592 g/mol. The van der Waals surface area contributed by atoms with Gasteiger partial charge in [0.05, 0.1) is 17.6 Å². The summed E-state index contributed by atoms with van der Waals surface area (Å²) >= 11 is 0. The van der Waals surface area contributed by atoms with E-state index in [4.69, 9.17) is 4.98 Å². The number of amides is 1. The number of pyridine rings is 1. The van der Waals surface area contributed by atoms with Crippen LogP contribution in [0.5, 0.6) is 0 Å². The van der Waals surface area contributed by atoms with Crippen molar-refractivity contribution in [3.8, 4) is 11.1 Å². The topological polar surface area (TPSA) is 80.0 Å². The molecule has 0 bridgehead atoms. The van der Waals surface area contributed by atoms with Crippen LogP contribution in [-0.2, 0) is 11.1 Å². The van der Waals surface area contributed by atoms with E-state index in [9.17, 15) is 9.90 Å². The molecule has 45 heavy (non-hydrogen) atoms. The molecular formula is C39H36N4O2. The molecule has 0 aliphatic heterocycles. The summed E-state index contributed by atoms with van der Waals surface area (Å²) in [5.41, 5.74) is 4.61. The fourth-order valence-corrected chi connectivity index (χ4v) is 6.25. The van der Waals surface area contributed by atoms with Crippen molar-refractivity contribution in [3.05, 3.63) is 180 Å². The zero-order valence-corrected chi connectivity index (χ0v) is 25.6. The molecule has 1 atom stereocenters. The maximum atomic E-state index is 12.5. The summed E-state index contributed by atoms with van der Waals surface area (Å²) in [6.07, 6.45) is 7.09. The van der Waals surface area contributed by atoms with Crippen LogP contribution in [0.2, 0.25) is 0 Å². The minimum Gasteiger partial charge on any atom is -0.378 e. The van der Waals surface area contributed by atoms with Gasteiger partial charge in [-0.2, -0.15) is 0 Å². The van der Waals surface area contributed by atoms with E-state index in [0.717, 1.165) is 33.4 Å². The first-order chi connectivity index (χ1) is 21.9. The Morgan fingerprint density at radius 1 is 0.733 bits per heavy atom. The van der Waals surface area contributed by atoms with E-state index in [1.807, 2.05) is 74.9 Å². The van der Waals surface area contributed by atoms with Gasteiger partial charge in [0.1, 0.15) is 11.1 Å². The predicted molar refractivity (Wildman–Crippen MR) is 178 cm³/mol. The Morgan fingerprint density at radius 2 is 1.27 bits per heavy atom. The molecule has 0 spiro atoms. The van der Waals surface area contributed by atoms with E-state index < -0.39 is 11.1 Å². The van der Waals surface area contributed by atoms with Gasteiger partial charge in [-0.3, -0.25) is 9.78 Å². The summed E-state index contributed by atoms with van der Waals surface area (Å²) in [5.74, 6) is -0.382. The third-order valence-electron chi connectivity index (χ3n) is 8.66. The Balaban J connectivity index is 1.48. The third-order valence-corrected chi connectivity index (χ3v) is 8.66. The minimum atomic E-state index is -1.37. The molecule has 6 nitrogen and oxygen atoms in total. The van der Waals surface area contributed by atoms with Crippen LogP contribution in [0.1, 0.15) is 52.2 Å². The zero-order chi connectivity index (χ0) is 31.4. The Kier molecular flexibility index (Phi) is 8.16. The molecule has 0 fully saturated rings. The molecule has 0 saturated heterocycles. The molecule has 1 amide bonds. The van der Waals surface area contributed by atoms with E-state index in [-0.39, 0.29) is 11.8 Å². The van der Waals surface area contributed by atoms with Crippen LogP contribution in [0.25, 0.3) is 11.1 Å². The largest absolute Gasteiger partial charge is 0.378 e. The number of carbonyl (C=O) groups is 1. The molecule has 0 aliphatic carbocycles. The number of benzene rings is 4. The number of rotatable bonds is 9. The molecule has 224 valence electrons. The number of nitrogens with one attached hydrogen (secondary N) is 1. The number of carbonyl (C=O) groups excluding carboxylic acids is 1. The summed E-state index contributed by atoms with van der Waals surface area (Å²) in [4.78, 5) is 21.3. The van der Waals surface area contributed by atoms with Gasteiger partial charge < -0.3 is 15.0 Å². The average Bonchev–Trinajstić information content (AvgIpc) is 3.60. The van der Waals surface area contributed by atoms with Crippen LogP contribution < -0.4 is 5.32 Å². The minimum absolute atomic E-state index is 0.190. The van der Waals surface area contributed by atoms with Crippen molar-refractivity contribution in [1.29, 1.82) is 0 Å². The lowest BCUT2D eigenvalue weighted by atomic mass is 9.76. The highest BCUT2D eigenvalue weighted by atomic mass is 16.3. The van der Waals surface area contributed by atoms with Gasteiger partial charge in [-0.05, 0) is 39.8 Å². The second-order valence-corrected chi connectivity index (χ2v) is 11.5. The summed E-state index contributed by atoms with van der Waals surface area (Å²) in [7, 11) is 1.60. The first kappa shape index (κ1) is 29.7. The molecule has 0 aliphatic rings. The highest BCUT2D eigenvalue weighted by Gasteiger charge is 2.42. The normalized spacial score (nSPS) is 12.9. The van der Waals surface area contributed by atoms with Crippen LogP contribution >= 0.6 is 0 Å². The molecular weight excluding hydrogens is 556 g/mol. The van der Waals surface area contributed by atoms with Gasteiger partial charge in [-0.15, -0.1) is 0 Å². The number of aromatic nitrogens is 3. The van der Waals surface area contributed by atoms with Crippen molar-refractivity contribution in [2.45, 2.75) is 25.0 Å². The fraction of sp³-hybridized carbons (Fsp3) is 0.154. The van der Waals surface area contributed by atoms with Crippen molar-refractivity contribution >= 4 is 5.91 Å². The number of nitrogens with zero attached hydrogens (tertiary/aromatic N) is 3. The Labute approximate surface area is 264 Å². The van der Waals surface area contributed by atoms with Gasteiger partial charge in [-0.1, -0.05) is 129 Å². The number of aliphatic hydroxyl groups is 1. The summed E-state index contributed by atoms with van der Waals surface area (Å²) in [5, 5.41) is 15.1. The number of hydrogen-bond donors (Lipinski definition) is 2. The van der Waals surface area contributed by atoms with E-state index in [1.54, 1.807) is 19.4 Å². The molecule has 0 saturated carbocycles. The van der Waals surface area contributed by atoms with E-state index >= 15 is 0 Å². The van der Waals surface area contributed by atoms with Gasteiger partial charge in [0.15, 0.2) is 0 Å². The van der Waals surface area contributed by atoms with Crippen LogP contribution in [-0.4, -0.2) is 32.6 Å². The number of hydrogen-bond acceptors (Lipinski definition) is 4. The number of imidazole rings is 1. The van der Waals surface area contributed by atoms with Gasteiger partial charge in [0, 0.05) is 31.2 Å². The average molecular weight is 593 g/mol. The van der Waals surface area contributed by atoms with Gasteiger partial charge in [-0.25, -0.2) is 4.98 Å². The lowest BCUT2D eigenvalue weighted by Gasteiger charge is -2.37. The van der Waals surface area contributed by atoms with Gasteiger partial charge in [0.25, 0.3) is 5.91 Å². The Bertz CT molecular complexity index is 1790. The quantitative estimate of drug-likeness (QED) is 0.177. The zero-order valence-electron chi connectivity index (χ0n) is 25.6. The maximum Gasteiger partial charge on any atom is 0.252 e. The standard InChI is InChI=1S/C39H36N4O2/c1-28(2)39(45,35-21-19-29(20-22-35)30-23-31(25-41-24-30)37(44)40-3)36-26-43(27-42-36)38(32-13-7-4-8-14-32,33-15-9-5-10-16-33)34-17-11-6-12-18-34/h4-28,45H,1-3H3,(H,40,44). The molecule has 0 radical (unpaired) electrons. The highest BCUT2D eigenvalue weighted by molar-refractivity contribution is 5.94. The smallest absolute Gasteiger partial charge is 0.252 e. The van der Waals surface area contributed by atoms with Crippen molar-refractivity contribution in [2.75, 3.05) is 7.05 Å². The molecule has 6 heteroatoms. The predicted octanol–water partition coefficient (Wildman–Crippen LogP) is 7.04. The lowest BCUT2D eigenvalue weighted by Crippen LogP contribution is -2.37. The second-order valence-electron chi connectivity index (χ2n) is 11.5. The van der Waals surface area contributed by atoms with Crippen molar-refractivity contribution in [3.63, 3.8) is 0 Å². The van der Waals surface area contributed by atoms with Crippen molar-refractivity contribution in [1.82, 2.24) is 19.9 Å². The van der Waals surface area contributed by atoms with Crippen LogP contribution in [0.4, 0.5) is 0 Å². The summed E-state index contributed by atoms with van der Waals surface area (Å²) in [6, 6.07) is 40.8. The fourth-order valence-electron chi connectivity index (χ4n) is 6.25. The molecule has 1 unspecified atom stereocenters. The van der Waals surface area contributed by atoms with Crippen LogP contribution in [0.15, 0.2) is 146 Å². The first-order valence-electron chi connectivity index (χ1n) is 15.1. The molecule has 2 N–H and O–H groups in total. The SMILES string of the molecule is CNC(=O)c1cncc(-c2ccc(C(O)(c3cn(C(c4ccccc4)(c4ccccc4)c4ccccc4)cn3)C(C)C)cc2)c1. The molecule has 2 aromatic heterocycles.